The second-order valence-corrected chi connectivity index (χ2v) is 14.0. The molecule has 1 N–H and O–H groups in total. The summed E-state index contributed by atoms with van der Waals surface area (Å²) < 4.78 is 16.7. The van der Waals surface area contributed by atoms with Crippen molar-refractivity contribution in [3.63, 3.8) is 0 Å². The average Bonchev–Trinajstić information content (AvgIpc) is 3.73. The summed E-state index contributed by atoms with van der Waals surface area (Å²) in [4.78, 5) is 33.7. The molecule has 2 saturated heterocycles. The maximum atomic E-state index is 13.7. The summed E-state index contributed by atoms with van der Waals surface area (Å²) in [5, 5.41) is 0. The van der Waals surface area contributed by atoms with Crippen LogP contribution in [0.4, 0.5) is 5.95 Å². The van der Waals surface area contributed by atoms with Gasteiger partial charge in [0.2, 0.25) is 17.6 Å². The quantitative estimate of drug-likeness (QED) is 0.141. The molecule has 5 aromatic rings. The molecule has 1 unspecified atom stereocenters. The number of pyridine rings is 1. The Hall–Kier alpha value is -5.09. The molecule has 51 heavy (non-hydrogen) atoms. The number of ether oxygens (including phenoxy) is 3. The van der Waals surface area contributed by atoms with Crippen molar-refractivity contribution in [2.75, 3.05) is 52.4 Å². The van der Waals surface area contributed by atoms with Crippen LogP contribution in [0.15, 0.2) is 91.3 Å². The second kappa shape index (κ2) is 15.4. The number of aromatic nitrogens is 3. The van der Waals surface area contributed by atoms with Crippen molar-refractivity contribution in [1.82, 2.24) is 24.8 Å². The van der Waals surface area contributed by atoms with E-state index in [1.54, 1.807) is 21.3 Å². The zero-order valence-corrected chi connectivity index (χ0v) is 29.9. The van der Waals surface area contributed by atoms with Gasteiger partial charge in [-0.2, -0.15) is 0 Å². The van der Waals surface area contributed by atoms with E-state index >= 15 is 0 Å². The van der Waals surface area contributed by atoms with E-state index in [-0.39, 0.29) is 11.3 Å². The van der Waals surface area contributed by atoms with Crippen LogP contribution < -0.4 is 19.1 Å². The number of rotatable bonds is 14. The molecule has 2 aliphatic heterocycles. The minimum atomic E-state index is -0.156. The molecule has 0 radical (unpaired) electrons. The fourth-order valence-corrected chi connectivity index (χ4v) is 7.97. The van der Waals surface area contributed by atoms with E-state index in [1.165, 1.54) is 11.1 Å². The van der Waals surface area contributed by atoms with E-state index < -0.39 is 0 Å². The van der Waals surface area contributed by atoms with Crippen molar-refractivity contribution >= 4 is 22.9 Å². The first-order valence-electron chi connectivity index (χ1n) is 17.9. The highest BCUT2D eigenvalue weighted by Crippen LogP contribution is 2.42. The Morgan fingerprint density at radius 3 is 2.29 bits per heavy atom. The highest BCUT2D eigenvalue weighted by molar-refractivity contribution is 5.80. The van der Waals surface area contributed by atoms with Gasteiger partial charge in [0.1, 0.15) is 0 Å². The predicted octanol–water partition coefficient (Wildman–Crippen LogP) is 6.51. The summed E-state index contributed by atoms with van der Waals surface area (Å²) in [5.41, 5.74) is 5.28. The summed E-state index contributed by atoms with van der Waals surface area (Å²) in [6.45, 7) is 4.91. The van der Waals surface area contributed by atoms with Crippen molar-refractivity contribution in [2.45, 2.75) is 51.2 Å². The molecule has 3 aromatic carbocycles. The lowest BCUT2D eigenvalue weighted by Gasteiger charge is -2.40. The van der Waals surface area contributed by atoms with Crippen LogP contribution in [0, 0.1) is 5.41 Å². The van der Waals surface area contributed by atoms with Crippen LogP contribution in [0.25, 0.3) is 11.0 Å². The van der Waals surface area contributed by atoms with Crippen LogP contribution in [-0.2, 0) is 24.3 Å². The number of fused-ring (bicyclic) bond motifs is 1. The molecule has 266 valence electrons. The van der Waals surface area contributed by atoms with Crippen LogP contribution in [-0.4, -0.2) is 84.2 Å². The van der Waals surface area contributed by atoms with Gasteiger partial charge in [-0.25, -0.2) is 4.98 Å². The smallest absolute Gasteiger partial charge is 0.223 e. The first-order valence-corrected chi connectivity index (χ1v) is 17.9. The van der Waals surface area contributed by atoms with E-state index in [0.29, 0.717) is 42.8 Å². The predicted molar refractivity (Wildman–Crippen MR) is 199 cm³/mol. The van der Waals surface area contributed by atoms with Crippen molar-refractivity contribution in [1.29, 1.82) is 0 Å². The lowest BCUT2D eigenvalue weighted by Crippen LogP contribution is -2.46. The molecule has 1 atom stereocenters. The van der Waals surface area contributed by atoms with Gasteiger partial charge >= 0.3 is 0 Å². The van der Waals surface area contributed by atoms with Crippen LogP contribution >= 0.6 is 0 Å². The molecule has 2 aromatic heterocycles. The average molecular weight is 689 g/mol. The Labute approximate surface area is 300 Å². The zero-order chi connectivity index (χ0) is 35.2. The van der Waals surface area contributed by atoms with Gasteiger partial charge in [-0.1, -0.05) is 48.5 Å². The Morgan fingerprint density at radius 1 is 0.882 bits per heavy atom. The van der Waals surface area contributed by atoms with Gasteiger partial charge in [0.15, 0.2) is 11.5 Å². The number of imidazole rings is 1. The number of nitrogens with one attached hydrogen (secondary N) is 1. The van der Waals surface area contributed by atoms with Crippen LogP contribution in [0.5, 0.6) is 17.2 Å². The number of H-pyrrole nitrogens is 1. The number of hydrogen-bond donors (Lipinski definition) is 1. The standard InChI is InChI=1S/C41H48N6O4/c1-49-36-22-32(23-37(50-2)39(36)51-3)27-46-29-41(25-38(46)48,24-30-10-5-4-6-11-30)17-21-45-19-15-33(16-20-45)47(28-31-12-9-18-42-26-31)40-43-34-13-7-8-14-35(34)44-40/h4-14,18,22-23,26,33H,15-17,19-21,24-25,27-29H2,1-3H3,(H,43,44). The first-order chi connectivity index (χ1) is 25.0. The molecule has 2 fully saturated rings. The molecule has 1 amide bonds. The number of nitrogens with zero attached hydrogens (tertiary/aromatic N) is 5. The summed E-state index contributed by atoms with van der Waals surface area (Å²) >= 11 is 0. The SMILES string of the molecule is COc1cc(CN2CC(CCN3CCC(N(Cc4cccnc4)c4nc5ccccc5[nH]4)CC3)(Cc3ccccc3)CC2=O)cc(OC)c1OC. The van der Waals surface area contributed by atoms with Crippen LogP contribution in [0.2, 0.25) is 0 Å². The number of anilines is 1. The first kappa shape index (κ1) is 34.4. The van der Waals surface area contributed by atoms with Crippen LogP contribution in [0.3, 0.4) is 0 Å². The van der Waals surface area contributed by atoms with Crippen molar-refractivity contribution in [2.24, 2.45) is 5.41 Å². The summed E-state index contributed by atoms with van der Waals surface area (Å²) in [7, 11) is 4.84. The number of hydrogen-bond acceptors (Lipinski definition) is 8. The fraction of sp³-hybridized carbons (Fsp3) is 0.390. The monoisotopic (exact) mass is 688 g/mol. The number of carbonyl (C=O) groups is 1. The Balaban J connectivity index is 1.04. The summed E-state index contributed by atoms with van der Waals surface area (Å²) in [6, 6.07) is 27.2. The highest BCUT2D eigenvalue weighted by Gasteiger charge is 2.43. The number of aromatic amines is 1. The lowest BCUT2D eigenvalue weighted by molar-refractivity contribution is -0.128. The molecular formula is C41H48N6O4. The Kier molecular flexibility index (Phi) is 10.4. The molecule has 0 aliphatic carbocycles. The maximum absolute atomic E-state index is 13.7. The Bertz CT molecular complexity index is 1850. The Morgan fingerprint density at radius 2 is 1.61 bits per heavy atom. The second-order valence-electron chi connectivity index (χ2n) is 14.0. The van der Waals surface area contributed by atoms with E-state index in [1.807, 2.05) is 47.6 Å². The molecule has 7 rings (SSSR count). The summed E-state index contributed by atoms with van der Waals surface area (Å²) in [6.07, 6.45) is 8.20. The van der Waals surface area contributed by atoms with E-state index in [2.05, 4.69) is 68.3 Å². The third kappa shape index (κ3) is 7.81. The largest absolute Gasteiger partial charge is 0.493 e. The molecule has 2 aliphatic rings. The molecule has 4 heterocycles. The van der Waals surface area contributed by atoms with E-state index in [4.69, 9.17) is 19.2 Å². The minimum absolute atomic E-state index is 0.156. The molecule has 0 bridgehead atoms. The van der Waals surface area contributed by atoms with E-state index in [9.17, 15) is 4.79 Å². The molecule has 10 nitrogen and oxygen atoms in total. The minimum Gasteiger partial charge on any atom is -0.493 e. The molecule has 10 heteroatoms. The van der Waals surface area contributed by atoms with E-state index in [0.717, 1.165) is 74.4 Å². The number of para-hydroxylation sites is 2. The van der Waals surface area contributed by atoms with Gasteiger partial charge in [0.25, 0.3) is 0 Å². The van der Waals surface area contributed by atoms with Gasteiger partial charge in [0.05, 0.1) is 32.4 Å². The number of carbonyl (C=O) groups excluding carboxylic acids is 1. The van der Waals surface area contributed by atoms with Gasteiger partial charge in [-0.3, -0.25) is 9.78 Å². The lowest BCUT2D eigenvalue weighted by atomic mass is 9.77. The third-order valence-electron chi connectivity index (χ3n) is 10.6. The van der Waals surface area contributed by atoms with Gasteiger partial charge in [0, 0.05) is 63.0 Å². The topological polar surface area (TPSA) is 96.1 Å². The highest BCUT2D eigenvalue weighted by atomic mass is 16.5. The van der Waals surface area contributed by atoms with Crippen molar-refractivity contribution < 1.29 is 19.0 Å². The number of piperidine rings is 1. The van der Waals surface area contributed by atoms with Crippen LogP contribution in [0.1, 0.15) is 42.4 Å². The number of likely N-dealkylation sites (tertiary alicyclic amines) is 2. The van der Waals surface area contributed by atoms with Gasteiger partial charge in [-0.05, 0) is 79.3 Å². The normalized spacial score (nSPS) is 18.3. The number of benzene rings is 3. The number of amides is 1. The number of methoxy groups -OCH3 is 3. The van der Waals surface area contributed by atoms with Gasteiger partial charge in [-0.15, -0.1) is 0 Å². The third-order valence-corrected chi connectivity index (χ3v) is 10.6. The maximum Gasteiger partial charge on any atom is 0.223 e. The molecule has 0 saturated carbocycles. The van der Waals surface area contributed by atoms with Gasteiger partial charge < -0.3 is 33.9 Å². The fourth-order valence-electron chi connectivity index (χ4n) is 7.97. The van der Waals surface area contributed by atoms with Crippen molar-refractivity contribution in [3.8, 4) is 17.2 Å². The van der Waals surface area contributed by atoms with Crippen molar-refractivity contribution in [3.05, 3.63) is 108 Å². The summed E-state index contributed by atoms with van der Waals surface area (Å²) in [5.74, 6) is 2.84. The molecule has 0 spiro atoms. The zero-order valence-electron chi connectivity index (χ0n) is 29.9. The molecular weight excluding hydrogens is 640 g/mol.